The number of pyridine rings is 1. The maximum absolute atomic E-state index is 6.08. The number of aromatic nitrogens is 4. The van der Waals surface area contributed by atoms with Crippen LogP contribution in [0.15, 0.2) is 18.5 Å². The third kappa shape index (κ3) is 2.84. The summed E-state index contributed by atoms with van der Waals surface area (Å²) in [7, 11) is 0. The highest BCUT2D eigenvalue weighted by molar-refractivity contribution is 6.29. The van der Waals surface area contributed by atoms with E-state index in [0.29, 0.717) is 29.9 Å². The van der Waals surface area contributed by atoms with E-state index in [4.69, 9.17) is 22.1 Å². The predicted octanol–water partition coefficient (Wildman–Crippen LogP) is 0.830. The Morgan fingerprint density at radius 2 is 2.20 bits per heavy atom. The summed E-state index contributed by atoms with van der Waals surface area (Å²) in [5, 5.41) is 3.74. The zero-order valence-electron chi connectivity index (χ0n) is 10.6. The molecule has 3 N–H and O–H groups in total. The van der Waals surface area contributed by atoms with Crippen LogP contribution >= 0.6 is 11.6 Å². The van der Waals surface area contributed by atoms with Crippen LogP contribution in [0.4, 0.5) is 5.95 Å². The highest BCUT2D eigenvalue weighted by Gasteiger charge is 2.18. The van der Waals surface area contributed by atoms with Crippen molar-refractivity contribution in [3.63, 3.8) is 0 Å². The van der Waals surface area contributed by atoms with Crippen LogP contribution in [0, 0.1) is 0 Å². The fourth-order valence-electron chi connectivity index (χ4n) is 2.04. The third-order valence-corrected chi connectivity index (χ3v) is 3.15. The second-order valence-electron chi connectivity index (χ2n) is 4.36. The zero-order chi connectivity index (χ0) is 13.9. The average Bonchev–Trinajstić information content (AvgIpc) is 2.47. The van der Waals surface area contributed by atoms with Gasteiger partial charge in [-0.15, -0.1) is 0 Å². The zero-order valence-corrected chi connectivity index (χ0v) is 11.3. The molecule has 20 heavy (non-hydrogen) atoms. The minimum absolute atomic E-state index is 0.0854. The number of anilines is 1. The molecule has 0 radical (unpaired) electrons. The Kier molecular flexibility index (Phi) is 3.72. The van der Waals surface area contributed by atoms with Gasteiger partial charge in [0.2, 0.25) is 5.95 Å². The number of nitrogens with one attached hydrogen (secondary N) is 1. The predicted molar refractivity (Wildman–Crippen MR) is 74.0 cm³/mol. The molecule has 0 aromatic carbocycles. The minimum Gasteiger partial charge on any atom is -0.378 e. The lowest BCUT2D eigenvalue weighted by molar-refractivity contribution is 0.0769. The van der Waals surface area contributed by atoms with Gasteiger partial charge in [0, 0.05) is 6.54 Å². The molecule has 8 heteroatoms. The number of nitrogens with zero attached hydrogens (tertiary/aromatic N) is 4. The first-order valence-electron chi connectivity index (χ1n) is 6.16. The van der Waals surface area contributed by atoms with Crippen LogP contribution < -0.4 is 11.1 Å². The van der Waals surface area contributed by atoms with Crippen molar-refractivity contribution < 1.29 is 4.74 Å². The second kappa shape index (κ2) is 5.66. The Bertz CT molecular complexity index is 617. The first kappa shape index (κ1) is 13.2. The molecule has 7 nitrogen and oxygen atoms in total. The molecule has 1 aliphatic heterocycles. The van der Waals surface area contributed by atoms with Crippen molar-refractivity contribution in [1.82, 2.24) is 25.3 Å². The van der Waals surface area contributed by atoms with Gasteiger partial charge in [-0.2, -0.15) is 4.98 Å². The van der Waals surface area contributed by atoms with Crippen molar-refractivity contribution in [1.29, 1.82) is 0 Å². The minimum atomic E-state index is 0.0854. The summed E-state index contributed by atoms with van der Waals surface area (Å²) in [6.07, 6.45) is 1.35. The normalized spacial score (nSPS) is 18.9. The van der Waals surface area contributed by atoms with Crippen LogP contribution in [0.1, 0.15) is 11.6 Å². The Balaban J connectivity index is 1.97. The van der Waals surface area contributed by atoms with Gasteiger partial charge in [0.25, 0.3) is 0 Å². The number of nitrogens with two attached hydrogens (primary N) is 1. The number of halogens is 1. The monoisotopic (exact) mass is 292 g/mol. The molecule has 0 bridgehead atoms. The van der Waals surface area contributed by atoms with Gasteiger partial charge in [0.05, 0.1) is 19.3 Å². The molecular formula is C12H13ClN6O. The number of rotatable bonds is 2. The lowest BCUT2D eigenvalue weighted by atomic mass is 10.1. The van der Waals surface area contributed by atoms with E-state index in [0.717, 1.165) is 12.1 Å². The Labute approximate surface area is 120 Å². The van der Waals surface area contributed by atoms with Gasteiger partial charge in [-0.3, -0.25) is 0 Å². The van der Waals surface area contributed by atoms with Crippen LogP contribution in [-0.4, -0.2) is 39.7 Å². The molecule has 3 heterocycles. The molecule has 0 saturated carbocycles. The van der Waals surface area contributed by atoms with Crippen molar-refractivity contribution >= 4 is 17.5 Å². The van der Waals surface area contributed by atoms with Crippen LogP contribution in [0.3, 0.4) is 0 Å². The molecule has 1 fully saturated rings. The van der Waals surface area contributed by atoms with Crippen LogP contribution in [-0.2, 0) is 4.74 Å². The molecule has 1 atom stereocenters. The molecule has 3 rings (SSSR count). The van der Waals surface area contributed by atoms with E-state index in [1.807, 2.05) is 12.1 Å². The molecule has 2 aromatic rings. The summed E-state index contributed by atoms with van der Waals surface area (Å²) in [6.45, 7) is 2.12. The van der Waals surface area contributed by atoms with E-state index in [1.54, 1.807) is 0 Å². The second-order valence-corrected chi connectivity index (χ2v) is 4.74. The molecule has 2 aromatic heterocycles. The fourth-order valence-corrected chi connectivity index (χ4v) is 2.26. The van der Waals surface area contributed by atoms with Gasteiger partial charge in [0.15, 0.2) is 5.82 Å². The molecule has 0 aliphatic carbocycles. The topological polar surface area (TPSA) is 98.8 Å². The van der Waals surface area contributed by atoms with Crippen LogP contribution in [0.2, 0.25) is 5.15 Å². The molecular weight excluding hydrogens is 280 g/mol. The lowest BCUT2D eigenvalue weighted by Crippen LogP contribution is -2.34. The van der Waals surface area contributed by atoms with Gasteiger partial charge >= 0.3 is 0 Å². The van der Waals surface area contributed by atoms with E-state index in [2.05, 4.69) is 25.3 Å². The summed E-state index contributed by atoms with van der Waals surface area (Å²) in [5.41, 5.74) is 7.11. The number of hydrogen-bond acceptors (Lipinski definition) is 7. The molecule has 0 amide bonds. The third-order valence-electron chi connectivity index (χ3n) is 2.96. The van der Waals surface area contributed by atoms with Gasteiger partial charge in [-0.1, -0.05) is 11.6 Å². The summed E-state index contributed by atoms with van der Waals surface area (Å²) >= 11 is 6.08. The van der Waals surface area contributed by atoms with Crippen LogP contribution in [0.25, 0.3) is 11.5 Å². The van der Waals surface area contributed by atoms with E-state index in [9.17, 15) is 0 Å². The van der Waals surface area contributed by atoms with E-state index < -0.39 is 0 Å². The summed E-state index contributed by atoms with van der Waals surface area (Å²) < 4.78 is 5.45. The summed E-state index contributed by atoms with van der Waals surface area (Å²) in [4.78, 5) is 16.1. The standard InChI is InChI=1S/C12H13ClN6O/c13-10-4-7(9-5-20-2-1-15-9)3-8(18-10)11-16-6-17-12(14)19-11/h3-4,6,9,15H,1-2,5H2,(H2,14,16,17,19). The van der Waals surface area contributed by atoms with Crippen molar-refractivity contribution in [3.05, 3.63) is 29.2 Å². The van der Waals surface area contributed by atoms with Gasteiger partial charge in [-0.05, 0) is 17.7 Å². The number of hydrogen-bond donors (Lipinski definition) is 2. The molecule has 1 unspecified atom stereocenters. The Hall–Kier alpha value is -1.83. The molecule has 104 valence electrons. The van der Waals surface area contributed by atoms with E-state index >= 15 is 0 Å². The van der Waals surface area contributed by atoms with Crippen LogP contribution in [0.5, 0.6) is 0 Å². The number of nitrogen functional groups attached to an aromatic ring is 1. The van der Waals surface area contributed by atoms with Crippen molar-refractivity contribution in [2.45, 2.75) is 6.04 Å². The maximum Gasteiger partial charge on any atom is 0.223 e. The van der Waals surface area contributed by atoms with E-state index in [-0.39, 0.29) is 12.0 Å². The first-order valence-corrected chi connectivity index (χ1v) is 6.53. The Morgan fingerprint density at radius 3 is 2.95 bits per heavy atom. The van der Waals surface area contributed by atoms with Gasteiger partial charge in [-0.25, -0.2) is 15.0 Å². The highest BCUT2D eigenvalue weighted by atomic mass is 35.5. The maximum atomic E-state index is 6.08. The van der Waals surface area contributed by atoms with Crippen molar-refractivity contribution in [2.24, 2.45) is 0 Å². The first-order chi connectivity index (χ1) is 9.72. The Morgan fingerprint density at radius 1 is 1.30 bits per heavy atom. The lowest BCUT2D eigenvalue weighted by Gasteiger charge is -2.24. The van der Waals surface area contributed by atoms with Gasteiger partial charge in [0.1, 0.15) is 17.2 Å². The summed E-state index contributed by atoms with van der Waals surface area (Å²) in [6, 6.07) is 3.77. The molecule has 0 spiro atoms. The van der Waals surface area contributed by atoms with E-state index in [1.165, 1.54) is 6.33 Å². The number of ether oxygens (including phenoxy) is 1. The quantitative estimate of drug-likeness (QED) is 0.791. The molecule has 1 aliphatic rings. The van der Waals surface area contributed by atoms with Crippen molar-refractivity contribution in [2.75, 3.05) is 25.5 Å². The van der Waals surface area contributed by atoms with Crippen molar-refractivity contribution in [3.8, 4) is 11.5 Å². The largest absolute Gasteiger partial charge is 0.378 e. The smallest absolute Gasteiger partial charge is 0.223 e. The summed E-state index contributed by atoms with van der Waals surface area (Å²) in [5.74, 6) is 0.551. The van der Waals surface area contributed by atoms with Gasteiger partial charge < -0.3 is 15.8 Å². The fraction of sp³-hybridized carbons (Fsp3) is 0.333. The molecule has 1 saturated heterocycles. The highest BCUT2D eigenvalue weighted by Crippen LogP contribution is 2.23. The SMILES string of the molecule is Nc1ncnc(-c2cc(C3COCCN3)cc(Cl)n2)n1. The average molecular weight is 293 g/mol. The number of morpholine rings is 1.